The molecule has 6 heteroatoms. The third kappa shape index (κ3) is 4.95. The van der Waals surface area contributed by atoms with Gasteiger partial charge < -0.3 is 20.0 Å². The van der Waals surface area contributed by atoms with Crippen molar-refractivity contribution in [2.24, 2.45) is 0 Å². The largest absolute Gasteiger partial charge is 0.463 e. The van der Waals surface area contributed by atoms with E-state index >= 15 is 0 Å². The van der Waals surface area contributed by atoms with E-state index in [4.69, 9.17) is 4.42 Å². The molecule has 1 atom stereocenters. The molecule has 1 aliphatic carbocycles. The van der Waals surface area contributed by atoms with Gasteiger partial charge in [0.2, 0.25) is 0 Å². The second-order valence-corrected chi connectivity index (χ2v) is 6.94. The zero-order chi connectivity index (χ0) is 18.4. The van der Waals surface area contributed by atoms with Crippen molar-refractivity contribution in [2.45, 2.75) is 38.3 Å². The summed E-state index contributed by atoms with van der Waals surface area (Å²) in [6.07, 6.45) is 6.01. The first-order chi connectivity index (χ1) is 12.6. The molecule has 1 heterocycles. The van der Waals surface area contributed by atoms with Crippen LogP contribution < -0.4 is 15.5 Å². The summed E-state index contributed by atoms with van der Waals surface area (Å²) in [4.78, 5) is 25.9. The number of furan rings is 1. The molecule has 0 aliphatic heterocycles. The first-order valence-electron chi connectivity index (χ1n) is 9.15. The number of hydrogen-bond donors (Lipinski definition) is 3. The highest BCUT2D eigenvalue weighted by Crippen LogP contribution is 2.20. The molecule has 1 aliphatic rings. The minimum atomic E-state index is -0.129. The van der Waals surface area contributed by atoms with Gasteiger partial charge in [-0.15, -0.1) is 0 Å². The van der Waals surface area contributed by atoms with Crippen LogP contribution in [0.4, 0.5) is 5.69 Å². The summed E-state index contributed by atoms with van der Waals surface area (Å²) in [6, 6.07) is 11.1. The second kappa shape index (κ2) is 8.67. The molecule has 6 nitrogen and oxygen atoms in total. The van der Waals surface area contributed by atoms with E-state index in [9.17, 15) is 9.59 Å². The standard InChI is InChI=1S/C20H25N3O3/c1-23(13-16-9-6-12-26-16)14-19(24)22-18-11-5-4-10-17(18)20(25)21-15-7-2-3-8-15/h4-6,9-12,15H,2-3,7-8,13-14H2,1H3,(H,21,25)(H,22,24)/p+1. The predicted molar refractivity (Wildman–Crippen MR) is 99.0 cm³/mol. The van der Waals surface area contributed by atoms with Gasteiger partial charge in [-0.2, -0.15) is 0 Å². The lowest BCUT2D eigenvalue weighted by Crippen LogP contribution is -3.08. The van der Waals surface area contributed by atoms with Crippen molar-refractivity contribution in [3.63, 3.8) is 0 Å². The molecule has 2 amide bonds. The fourth-order valence-electron chi connectivity index (χ4n) is 3.36. The highest BCUT2D eigenvalue weighted by molar-refractivity contribution is 6.04. The van der Waals surface area contributed by atoms with Crippen molar-refractivity contribution in [1.82, 2.24) is 5.32 Å². The maximum Gasteiger partial charge on any atom is 0.279 e. The zero-order valence-corrected chi connectivity index (χ0v) is 15.1. The van der Waals surface area contributed by atoms with Gasteiger partial charge in [0.05, 0.1) is 24.6 Å². The van der Waals surface area contributed by atoms with E-state index in [1.165, 1.54) is 0 Å². The Balaban J connectivity index is 1.58. The predicted octanol–water partition coefficient (Wildman–Crippen LogP) is 1.61. The lowest BCUT2D eigenvalue weighted by molar-refractivity contribution is -0.886. The molecule has 26 heavy (non-hydrogen) atoms. The number of hydrogen-bond acceptors (Lipinski definition) is 3. The van der Waals surface area contributed by atoms with E-state index in [0.717, 1.165) is 36.3 Å². The summed E-state index contributed by atoms with van der Waals surface area (Å²) in [7, 11) is 1.93. The maximum absolute atomic E-state index is 12.6. The first-order valence-corrected chi connectivity index (χ1v) is 9.15. The SMILES string of the molecule is C[NH+](CC(=O)Nc1ccccc1C(=O)NC1CCCC1)Cc1ccco1. The fourth-order valence-corrected chi connectivity index (χ4v) is 3.36. The molecule has 0 bridgehead atoms. The van der Waals surface area contributed by atoms with Gasteiger partial charge in [0.25, 0.3) is 11.8 Å². The average molecular weight is 356 g/mol. The second-order valence-electron chi connectivity index (χ2n) is 6.94. The smallest absolute Gasteiger partial charge is 0.279 e. The summed E-state index contributed by atoms with van der Waals surface area (Å²) in [5.41, 5.74) is 1.07. The third-order valence-corrected chi connectivity index (χ3v) is 4.65. The Kier molecular flexibility index (Phi) is 6.07. The summed E-state index contributed by atoms with van der Waals surface area (Å²) in [5, 5.41) is 5.95. The van der Waals surface area contributed by atoms with Crippen molar-refractivity contribution < 1.29 is 18.9 Å². The third-order valence-electron chi connectivity index (χ3n) is 4.65. The van der Waals surface area contributed by atoms with Crippen LogP contribution in [0.3, 0.4) is 0 Å². The Morgan fingerprint density at radius 3 is 2.65 bits per heavy atom. The zero-order valence-electron chi connectivity index (χ0n) is 15.1. The number of amides is 2. The molecule has 1 unspecified atom stereocenters. The fraction of sp³-hybridized carbons (Fsp3) is 0.400. The van der Waals surface area contributed by atoms with Crippen LogP contribution in [0.2, 0.25) is 0 Å². The van der Waals surface area contributed by atoms with Crippen molar-refractivity contribution in [3.8, 4) is 0 Å². The molecule has 0 spiro atoms. The number of para-hydroxylation sites is 1. The van der Waals surface area contributed by atoms with E-state index in [1.54, 1.807) is 18.4 Å². The van der Waals surface area contributed by atoms with Crippen LogP contribution in [0.15, 0.2) is 47.1 Å². The molecular weight excluding hydrogens is 330 g/mol. The molecule has 1 aromatic heterocycles. The Labute approximate surface area is 153 Å². The van der Waals surface area contributed by atoms with E-state index in [0.29, 0.717) is 24.3 Å². The van der Waals surface area contributed by atoms with Gasteiger partial charge in [0.1, 0.15) is 6.54 Å². The van der Waals surface area contributed by atoms with Crippen LogP contribution in [0.5, 0.6) is 0 Å². The molecule has 3 rings (SSSR count). The molecular formula is C20H26N3O3+. The summed E-state index contributed by atoms with van der Waals surface area (Å²) < 4.78 is 5.31. The van der Waals surface area contributed by atoms with Crippen LogP contribution in [0, 0.1) is 0 Å². The Bertz CT molecular complexity index is 737. The summed E-state index contributed by atoms with van der Waals surface area (Å²) in [6.45, 7) is 0.920. The normalized spacial score (nSPS) is 15.6. The van der Waals surface area contributed by atoms with Gasteiger partial charge in [-0.3, -0.25) is 9.59 Å². The average Bonchev–Trinajstić information content (AvgIpc) is 3.29. The number of quaternary nitrogens is 1. The van der Waals surface area contributed by atoms with E-state index in [1.807, 2.05) is 31.3 Å². The van der Waals surface area contributed by atoms with Crippen LogP contribution in [0.25, 0.3) is 0 Å². The monoisotopic (exact) mass is 356 g/mol. The quantitative estimate of drug-likeness (QED) is 0.705. The number of nitrogens with one attached hydrogen (secondary N) is 3. The molecule has 1 aromatic carbocycles. The number of likely N-dealkylation sites (N-methyl/N-ethyl adjacent to an activating group) is 1. The summed E-state index contributed by atoms with van der Waals surface area (Å²) in [5.74, 6) is 0.589. The van der Waals surface area contributed by atoms with Crippen molar-refractivity contribution in [2.75, 3.05) is 18.9 Å². The molecule has 1 saturated carbocycles. The lowest BCUT2D eigenvalue weighted by Gasteiger charge is -2.16. The van der Waals surface area contributed by atoms with E-state index < -0.39 is 0 Å². The van der Waals surface area contributed by atoms with Gasteiger partial charge in [0.15, 0.2) is 12.3 Å². The number of benzene rings is 1. The van der Waals surface area contributed by atoms with Gasteiger partial charge >= 0.3 is 0 Å². The Hall–Kier alpha value is -2.60. The van der Waals surface area contributed by atoms with Crippen molar-refractivity contribution in [3.05, 3.63) is 54.0 Å². The molecule has 3 N–H and O–H groups in total. The Morgan fingerprint density at radius 1 is 1.15 bits per heavy atom. The minimum absolute atomic E-state index is 0.121. The number of anilines is 1. The van der Waals surface area contributed by atoms with Crippen LogP contribution in [-0.2, 0) is 11.3 Å². The molecule has 138 valence electrons. The van der Waals surface area contributed by atoms with Crippen molar-refractivity contribution >= 4 is 17.5 Å². The van der Waals surface area contributed by atoms with E-state index in [2.05, 4.69) is 10.6 Å². The van der Waals surface area contributed by atoms with Gasteiger partial charge in [-0.1, -0.05) is 25.0 Å². The number of carbonyl (C=O) groups excluding carboxylic acids is 2. The van der Waals surface area contributed by atoms with Crippen LogP contribution >= 0.6 is 0 Å². The van der Waals surface area contributed by atoms with Gasteiger partial charge in [-0.25, -0.2) is 0 Å². The van der Waals surface area contributed by atoms with E-state index in [-0.39, 0.29) is 17.9 Å². The number of rotatable bonds is 7. The first kappa shape index (κ1) is 18.2. The van der Waals surface area contributed by atoms with Crippen molar-refractivity contribution in [1.29, 1.82) is 0 Å². The molecule has 0 saturated heterocycles. The van der Waals surface area contributed by atoms with Gasteiger partial charge in [-0.05, 0) is 37.1 Å². The highest BCUT2D eigenvalue weighted by Gasteiger charge is 2.20. The van der Waals surface area contributed by atoms with Crippen LogP contribution in [0.1, 0.15) is 41.8 Å². The topological polar surface area (TPSA) is 75.8 Å². The molecule has 1 fully saturated rings. The maximum atomic E-state index is 12.6. The van der Waals surface area contributed by atoms with Crippen LogP contribution in [-0.4, -0.2) is 31.4 Å². The minimum Gasteiger partial charge on any atom is -0.463 e. The molecule has 0 radical (unpaired) electrons. The summed E-state index contributed by atoms with van der Waals surface area (Å²) >= 11 is 0. The Morgan fingerprint density at radius 2 is 1.92 bits per heavy atom. The lowest BCUT2D eigenvalue weighted by atomic mass is 10.1. The highest BCUT2D eigenvalue weighted by atomic mass is 16.3. The van der Waals surface area contributed by atoms with Gasteiger partial charge in [0, 0.05) is 6.04 Å². The molecule has 2 aromatic rings. The number of carbonyl (C=O) groups is 2.